The highest BCUT2D eigenvalue weighted by atomic mass is 32.2. The van der Waals surface area contributed by atoms with Crippen LogP contribution in [0.1, 0.15) is 46.8 Å². The van der Waals surface area contributed by atoms with Gasteiger partial charge in [0.15, 0.2) is 9.84 Å². The first-order valence-electron chi connectivity index (χ1n) is 10.5. The Morgan fingerprint density at radius 1 is 0.938 bits per heavy atom. The Balaban J connectivity index is 1.96. The minimum atomic E-state index is -3.20. The summed E-state index contributed by atoms with van der Waals surface area (Å²) in [5.41, 5.74) is 4.02. The first kappa shape index (κ1) is 23.5. The minimum Gasteiger partial charge on any atom is -0.497 e. The predicted octanol–water partition coefficient (Wildman–Crippen LogP) is 5.21. The summed E-state index contributed by atoms with van der Waals surface area (Å²) < 4.78 is 28.7. The number of sulfone groups is 1. The zero-order valence-corrected chi connectivity index (χ0v) is 19.7. The Morgan fingerprint density at radius 2 is 1.59 bits per heavy atom. The molecule has 0 saturated carbocycles. The van der Waals surface area contributed by atoms with Gasteiger partial charge < -0.3 is 9.64 Å². The molecule has 0 fully saturated rings. The van der Waals surface area contributed by atoms with Gasteiger partial charge in [0, 0.05) is 17.5 Å². The van der Waals surface area contributed by atoms with Crippen LogP contribution in [0.15, 0.2) is 72.8 Å². The molecule has 0 saturated heterocycles. The minimum absolute atomic E-state index is 0.104. The van der Waals surface area contributed by atoms with Gasteiger partial charge in [0.1, 0.15) is 5.75 Å². The summed E-state index contributed by atoms with van der Waals surface area (Å²) in [5.74, 6) is 0.838. The van der Waals surface area contributed by atoms with Crippen molar-refractivity contribution in [2.24, 2.45) is 0 Å². The summed E-state index contributed by atoms with van der Waals surface area (Å²) in [4.78, 5) is 15.2. The van der Waals surface area contributed by atoms with E-state index in [0.29, 0.717) is 29.3 Å². The molecule has 3 aromatic rings. The number of benzene rings is 3. The zero-order valence-electron chi connectivity index (χ0n) is 18.9. The van der Waals surface area contributed by atoms with Crippen LogP contribution in [0.4, 0.5) is 5.69 Å². The molecule has 32 heavy (non-hydrogen) atoms. The van der Waals surface area contributed by atoms with Crippen molar-refractivity contribution in [3.8, 4) is 5.75 Å². The van der Waals surface area contributed by atoms with E-state index >= 15 is 0 Å². The number of ether oxygens (including phenoxy) is 1. The van der Waals surface area contributed by atoms with Gasteiger partial charge in [-0.2, -0.15) is 0 Å². The van der Waals surface area contributed by atoms with Crippen molar-refractivity contribution >= 4 is 21.4 Å². The molecule has 0 N–H and O–H groups in total. The quantitative estimate of drug-likeness (QED) is 0.472. The van der Waals surface area contributed by atoms with E-state index in [4.69, 9.17) is 4.74 Å². The monoisotopic (exact) mass is 451 g/mol. The van der Waals surface area contributed by atoms with Gasteiger partial charge >= 0.3 is 0 Å². The van der Waals surface area contributed by atoms with Gasteiger partial charge in [-0.15, -0.1) is 0 Å². The molecule has 0 aliphatic rings. The summed E-state index contributed by atoms with van der Waals surface area (Å²) in [6.07, 6.45) is 1.19. The van der Waals surface area contributed by atoms with E-state index in [9.17, 15) is 13.2 Å². The van der Waals surface area contributed by atoms with Gasteiger partial charge in [0.05, 0.1) is 19.4 Å². The maximum absolute atomic E-state index is 13.5. The average molecular weight is 452 g/mol. The Bertz CT molecular complexity index is 1170. The van der Waals surface area contributed by atoms with Crippen LogP contribution in [0.2, 0.25) is 0 Å². The van der Waals surface area contributed by atoms with Crippen LogP contribution in [0.3, 0.4) is 0 Å². The van der Waals surface area contributed by atoms with Crippen molar-refractivity contribution < 1.29 is 17.9 Å². The Kier molecular flexibility index (Phi) is 7.36. The smallest absolute Gasteiger partial charge is 0.258 e. The summed E-state index contributed by atoms with van der Waals surface area (Å²) in [5, 5.41) is 0. The first-order chi connectivity index (χ1) is 15.2. The number of methoxy groups -OCH3 is 1. The summed E-state index contributed by atoms with van der Waals surface area (Å²) in [7, 11) is -1.60. The molecule has 0 aromatic heterocycles. The van der Waals surface area contributed by atoms with Crippen molar-refractivity contribution in [1.82, 2.24) is 0 Å². The summed E-state index contributed by atoms with van der Waals surface area (Å²) in [6.45, 7) is 4.68. The maximum Gasteiger partial charge on any atom is 0.258 e. The van der Waals surface area contributed by atoms with E-state index in [1.54, 1.807) is 36.3 Å². The predicted molar refractivity (Wildman–Crippen MR) is 129 cm³/mol. The van der Waals surface area contributed by atoms with Gasteiger partial charge in [-0.1, -0.05) is 50.2 Å². The van der Waals surface area contributed by atoms with Crippen LogP contribution >= 0.6 is 0 Å². The molecule has 0 heterocycles. The van der Waals surface area contributed by atoms with Crippen molar-refractivity contribution in [3.05, 3.63) is 95.1 Å². The van der Waals surface area contributed by atoms with E-state index in [2.05, 4.69) is 26.0 Å². The summed E-state index contributed by atoms with van der Waals surface area (Å²) in [6, 6.07) is 22.4. The molecule has 168 valence electrons. The molecule has 0 aliphatic heterocycles. The standard InChI is InChI=1S/C26H29NO4S/c1-19(2)22-10-8-20(9-11-22)17-27(24-12-14-25(31-3)15-13-24)26(28)23-7-5-6-21(16-23)18-32(4,29)30/h5-16,19H,17-18H2,1-4H3. The van der Waals surface area contributed by atoms with Gasteiger partial charge in [0.2, 0.25) is 0 Å². The van der Waals surface area contributed by atoms with Gasteiger partial charge in [0.25, 0.3) is 5.91 Å². The van der Waals surface area contributed by atoms with E-state index in [-0.39, 0.29) is 11.7 Å². The molecule has 0 atom stereocenters. The van der Waals surface area contributed by atoms with Crippen LogP contribution in [0.25, 0.3) is 0 Å². The van der Waals surface area contributed by atoms with Crippen molar-refractivity contribution in [3.63, 3.8) is 0 Å². The lowest BCUT2D eigenvalue weighted by Crippen LogP contribution is -2.30. The van der Waals surface area contributed by atoms with Gasteiger partial charge in [-0.3, -0.25) is 4.79 Å². The number of hydrogen-bond donors (Lipinski definition) is 0. The number of amides is 1. The Hall–Kier alpha value is -3.12. The summed E-state index contributed by atoms with van der Waals surface area (Å²) >= 11 is 0. The third-order valence-electron chi connectivity index (χ3n) is 5.22. The number of rotatable bonds is 8. The molecule has 0 aliphatic carbocycles. The highest BCUT2D eigenvalue weighted by Crippen LogP contribution is 2.25. The molecule has 5 nitrogen and oxygen atoms in total. The van der Waals surface area contributed by atoms with Crippen LogP contribution in [0.5, 0.6) is 5.75 Å². The lowest BCUT2D eigenvalue weighted by molar-refractivity contribution is 0.0985. The average Bonchev–Trinajstić information content (AvgIpc) is 2.76. The second-order valence-corrected chi connectivity index (χ2v) is 10.4. The van der Waals surface area contributed by atoms with Crippen molar-refractivity contribution in [1.29, 1.82) is 0 Å². The van der Waals surface area contributed by atoms with Crippen LogP contribution in [0, 0.1) is 0 Å². The molecule has 0 bridgehead atoms. The largest absolute Gasteiger partial charge is 0.497 e. The topological polar surface area (TPSA) is 63.7 Å². The molecule has 3 aromatic carbocycles. The van der Waals surface area contributed by atoms with Gasteiger partial charge in [-0.05, 0) is 59.0 Å². The number of carbonyl (C=O) groups is 1. The molecular formula is C26H29NO4S. The number of anilines is 1. The van der Waals surface area contributed by atoms with E-state index in [1.807, 2.05) is 36.4 Å². The maximum atomic E-state index is 13.5. The zero-order chi connectivity index (χ0) is 23.3. The lowest BCUT2D eigenvalue weighted by Gasteiger charge is -2.24. The molecule has 3 rings (SSSR count). The molecule has 6 heteroatoms. The fourth-order valence-corrected chi connectivity index (χ4v) is 4.27. The number of hydrogen-bond acceptors (Lipinski definition) is 4. The van der Waals surface area contributed by atoms with E-state index < -0.39 is 9.84 Å². The molecule has 0 radical (unpaired) electrons. The molecular weight excluding hydrogens is 422 g/mol. The Morgan fingerprint density at radius 3 is 2.16 bits per heavy atom. The van der Waals surface area contributed by atoms with E-state index in [1.165, 1.54) is 11.8 Å². The fourth-order valence-electron chi connectivity index (χ4n) is 3.49. The fraction of sp³-hybridized carbons (Fsp3) is 0.269. The highest BCUT2D eigenvalue weighted by Gasteiger charge is 2.19. The van der Waals surface area contributed by atoms with Crippen LogP contribution in [-0.4, -0.2) is 27.7 Å². The van der Waals surface area contributed by atoms with Gasteiger partial charge in [-0.25, -0.2) is 8.42 Å². The third kappa shape index (κ3) is 6.20. The van der Waals surface area contributed by atoms with Crippen molar-refractivity contribution in [2.75, 3.05) is 18.3 Å². The van der Waals surface area contributed by atoms with Crippen LogP contribution in [-0.2, 0) is 22.1 Å². The molecule has 0 unspecified atom stereocenters. The van der Waals surface area contributed by atoms with E-state index in [0.717, 1.165) is 11.3 Å². The number of nitrogens with zero attached hydrogens (tertiary/aromatic N) is 1. The highest BCUT2D eigenvalue weighted by molar-refractivity contribution is 7.89. The third-order valence-corrected chi connectivity index (χ3v) is 6.08. The second kappa shape index (κ2) is 10.0. The molecule has 0 spiro atoms. The SMILES string of the molecule is COc1ccc(N(Cc2ccc(C(C)C)cc2)C(=O)c2cccc(CS(C)(=O)=O)c2)cc1. The number of carbonyl (C=O) groups excluding carboxylic acids is 1. The van der Waals surface area contributed by atoms with Crippen molar-refractivity contribution in [2.45, 2.75) is 32.1 Å². The lowest BCUT2D eigenvalue weighted by atomic mass is 10.0. The normalized spacial score (nSPS) is 11.4. The van der Waals surface area contributed by atoms with Crippen LogP contribution < -0.4 is 9.64 Å². The molecule has 1 amide bonds. The second-order valence-electron chi connectivity index (χ2n) is 8.26. The Labute approximate surface area is 190 Å². The first-order valence-corrected chi connectivity index (χ1v) is 12.5.